The summed E-state index contributed by atoms with van der Waals surface area (Å²) in [6.07, 6.45) is 2.62. The third-order valence-corrected chi connectivity index (χ3v) is 3.72. The normalized spacial score (nSPS) is 16.4. The minimum atomic E-state index is -1.14. The van der Waals surface area contributed by atoms with Crippen LogP contribution in [-0.4, -0.2) is 5.11 Å². The summed E-state index contributed by atoms with van der Waals surface area (Å²) in [6.45, 7) is 5.83. The fraction of sp³-hybridized carbons (Fsp3) is 0.571. The van der Waals surface area contributed by atoms with Crippen molar-refractivity contribution in [1.82, 2.24) is 0 Å². The van der Waals surface area contributed by atoms with Gasteiger partial charge in [0.25, 0.3) is 0 Å². The molecular weight excluding hydrogens is 274 g/mol. The number of halogens is 3. The minimum absolute atomic E-state index is 0.0267. The van der Waals surface area contributed by atoms with Gasteiger partial charge in [0.05, 0.1) is 10.6 Å². The average Bonchev–Trinajstić information content (AvgIpc) is 2.22. The maximum atomic E-state index is 13.5. The first kappa shape index (κ1) is 15.7. The molecule has 0 aliphatic heterocycles. The second kappa shape index (κ2) is 6.23. The molecule has 0 spiro atoms. The highest BCUT2D eigenvalue weighted by Crippen LogP contribution is 2.36. The fourth-order valence-corrected chi connectivity index (χ4v) is 2.91. The Morgan fingerprint density at radius 3 is 2.50 bits per heavy atom. The lowest BCUT2D eigenvalue weighted by Crippen LogP contribution is -2.25. The Bertz CT molecular complexity index is 419. The number of hydrogen-bond acceptors (Lipinski definition) is 1. The third kappa shape index (κ3) is 3.84. The summed E-state index contributed by atoms with van der Waals surface area (Å²) in [5.74, 6) is -0.209. The molecule has 1 aromatic rings. The van der Waals surface area contributed by atoms with E-state index in [9.17, 15) is 9.50 Å². The molecule has 0 saturated heterocycles. The maximum Gasteiger partial charge on any atom is 0.142 e. The van der Waals surface area contributed by atoms with Gasteiger partial charge < -0.3 is 5.11 Å². The molecule has 0 aliphatic rings. The van der Waals surface area contributed by atoms with Crippen LogP contribution >= 0.6 is 23.2 Å². The largest absolute Gasteiger partial charge is 0.385 e. The van der Waals surface area contributed by atoms with Crippen LogP contribution in [0, 0.1) is 11.7 Å². The van der Waals surface area contributed by atoms with Crippen LogP contribution < -0.4 is 0 Å². The molecule has 4 heteroatoms. The highest BCUT2D eigenvalue weighted by atomic mass is 35.5. The Morgan fingerprint density at radius 1 is 1.33 bits per heavy atom. The van der Waals surface area contributed by atoms with Gasteiger partial charge in [0.1, 0.15) is 5.82 Å². The van der Waals surface area contributed by atoms with Crippen molar-refractivity contribution in [3.05, 3.63) is 33.6 Å². The fourth-order valence-electron chi connectivity index (χ4n) is 2.32. The minimum Gasteiger partial charge on any atom is -0.385 e. The van der Waals surface area contributed by atoms with Crippen molar-refractivity contribution in [2.75, 3.05) is 0 Å². The van der Waals surface area contributed by atoms with Crippen molar-refractivity contribution >= 4 is 23.2 Å². The number of benzene rings is 1. The summed E-state index contributed by atoms with van der Waals surface area (Å²) in [6, 6.07) is 2.57. The second-order valence-corrected chi connectivity index (χ2v) is 5.93. The van der Waals surface area contributed by atoms with Crippen LogP contribution in [0.3, 0.4) is 0 Å². The Labute approximate surface area is 118 Å². The second-order valence-electron chi connectivity index (χ2n) is 5.12. The predicted octanol–water partition coefficient (Wildman–Crippen LogP) is 5.17. The van der Waals surface area contributed by atoms with E-state index in [1.54, 1.807) is 6.92 Å². The van der Waals surface area contributed by atoms with Gasteiger partial charge in [-0.25, -0.2) is 4.39 Å². The monoisotopic (exact) mass is 292 g/mol. The first-order valence-electron chi connectivity index (χ1n) is 6.15. The lowest BCUT2D eigenvalue weighted by molar-refractivity contribution is 0.0310. The number of rotatable bonds is 5. The molecule has 0 amide bonds. The summed E-state index contributed by atoms with van der Waals surface area (Å²) in [4.78, 5) is 0. The van der Waals surface area contributed by atoms with Gasteiger partial charge in [-0.3, -0.25) is 0 Å². The molecule has 0 bridgehead atoms. The number of hydrogen-bond donors (Lipinski definition) is 1. The molecule has 0 saturated carbocycles. The van der Waals surface area contributed by atoms with E-state index in [2.05, 4.69) is 13.8 Å². The molecule has 0 fully saturated rings. The predicted molar refractivity (Wildman–Crippen MR) is 74.7 cm³/mol. The van der Waals surface area contributed by atoms with E-state index < -0.39 is 11.4 Å². The van der Waals surface area contributed by atoms with Crippen molar-refractivity contribution in [3.63, 3.8) is 0 Å². The molecule has 0 heterocycles. The van der Waals surface area contributed by atoms with Crippen LogP contribution in [0.1, 0.15) is 45.6 Å². The van der Waals surface area contributed by atoms with Crippen molar-refractivity contribution < 1.29 is 9.50 Å². The lowest BCUT2D eigenvalue weighted by atomic mass is 9.85. The van der Waals surface area contributed by atoms with Crippen LogP contribution in [0.4, 0.5) is 4.39 Å². The van der Waals surface area contributed by atoms with Crippen molar-refractivity contribution in [2.45, 2.75) is 45.6 Å². The summed E-state index contributed by atoms with van der Waals surface area (Å²) in [5, 5.41) is 10.8. The Morgan fingerprint density at radius 2 is 1.94 bits per heavy atom. The van der Waals surface area contributed by atoms with Gasteiger partial charge in [-0.05, 0) is 31.4 Å². The van der Waals surface area contributed by atoms with Gasteiger partial charge in [0, 0.05) is 10.6 Å². The van der Waals surface area contributed by atoms with E-state index in [0.29, 0.717) is 22.9 Å². The molecule has 1 rings (SSSR count). The molecule has 1 N–H and O–H groups in total. The first-order chi connectivity index (χ1) is 8.27. The van der Waals surface area contributed by atoms with Gasteiger partial charge in [-0.2, -0.15) is 0 Å². The summed E-state index contributed by atoms with van der Waals surface area (Å²) in [5.41, 5.74) is -0.745. The quantitative estimate of drug-likeness (QED) is 0.743. The summed E-state index contributed by atoms with van der Waals surface area (Å²) >= 11 is 11.7. The Kier molecular flexibility index (Phi) is 5.45. The SMILES string of the molecule is CCCC(C)CC(C)(O)c1cc(F)c(Cl)cc1Cl. The van der Waals surface area contributed by atoms with Crippen molar-refractivity contribution in [3.8, 4) is 0 Å². The van der Waals surface area contributed by atoms with E-state index in [1.807, 2.05) is 0 Å². The molecule has 0 aromatic heterocycles. The van der Waals surface area contributed by atoms with Gasteiger partial charge in [0.15, 0.2) is 0 Å². The molecule has 1 nitrogen and oxygen atoms in total. The average molecular weight is 293 g/mol. The molecule has 1 aromatic carbocycles. The summed E-state index contributed by atoms with van der Waals surface area (Å²) < 4.78 is 13.5. The molecular formula is C14H19Cl2FO. The van der Waals surface area contributed by atoms with Crippen LogP contribution in [0.2, 0.25) is 10.0 Å². The van der Waals surface area contributed by atoms with E-state index in [1.165, 1.54) is 12.1 Å². The van der Waals surface area contributed by atoms with Crippen LogP contribution in [0.5, 0.6) is 0 Å². The lowest BCUT2D eigenvalue weighted by Gasteiger charge is -2.28. The van der Waals surface area contributed by atoms with E-state index in [-0.39, 0.29) is 5.02 Å². The van der Waals surface area contributed by atoms with Gasteiger partial charge in [-0.1, -0.05) is 49.9 Å². The van der Waals surface area contributed by atoms with E-state index in [0.717, 1.165) is 12.8 Å². The standard InChI is InChI=1S/C14H19Cl2FO/c1-4-5-9(2)8-14(3,18)10-6-13(17)12(16)7-11(10)15/h6-7,9,18H,4-5,8H2,1-3H3. The molecule has 0 radical (unpaired) electrons. The van der Waals surface area contributed by atoms with Crippen molar-refractivity contribution in [2.24, 2.45) is 5.92 Å². The molecule has 2 atom stereocenters. The molecule has 102 valence electrons. The van der Waals surface area contributed by atoms with E-state index in [4.69, 9.17) is 23.2 Å². The smallest absolute Gasteiger partial charge is 0.142 e. The van der Waals surface area contributed by atoms with Crippen LogP contribution in [-0.2, 0) is 5.60 Å². The Balaban J connectivity index is 3.00. The zero-order valence-electron chi connectivity index (χ0n) is 10.9. The summed E-state index contributed by atoms with van der Waals surface area (Å²) in [7, 11) is 0. The zero-order chi connectivity index (χ0) is 13.9. The molecule has 18 heavy (non-hydrogen) atoms. The van der Waals surface area contributed by atoms with Crippen LogP contribution in [0.25, 0.3) is 0 Å². The third-order valence-electron chi connectivity index (χ3n) is 3.12. The molecule has 0 aliphatic carbocycles. The topological polar surface area (TPSA) is 20.2 Å². The highest BCUT2D eigenvalue weighted by molar-refractivity contribution is 6.35. The molecule has 2 unspecified atom stereocenters. The van der Waals surface area contributed by atoms with Gasteiger partial charge in [-0.15, -0.1) is 0 Å². The van der Waals surface area contributed by atoms with Crippen molar-refractivity contribution in [1.29, 1.82) is 0 Å². The van der Waals surface area contributed by atoms with E-state index >= 15 is 0 Å². The number of aliphatic hydroxyl groups is 1. The van der Waals surface area contributed by atoms with Crippen LogP contribution in [0.15, 0.2) is 12.1 Å². The Hall–Kier alpha value is -0.310. The maximum absolute atomic E-state index is 13.5. The highest BCUT2D eigenvalue weighted by Gasteiger charge is 2.28. The van der Waals surface area contributed by atoms with Gasteiger partial charge in [0.2, 0.25) is 0 Å². The zero-order valence-corrected chi connectivity index (χ0v) is 12.4. The van der Waals surface area contributed by atoms with Gasteiger partial charge >= 0.3 is 0 Å². The first-order valence-corrected chi connectivity index (χ1v) is 6.91.